The molecule has 1 atom stereocenters. The molecule has 2 heteroatoms. The second-order valence-corrected chi connectivity index (χ2v) is 5.40. The fourth-order valence-electron chi connectivity index (χ4n) is 2.55. The van der Waals surface area contributed by atoms with Crippen molar-refractivity contribution in [1.82, 2.24) is 5.32 Å². The summed E-state index contributed by atoms with van der Waals surface area (Å²) in [5.74, 6) is 1.05. The molecule has 0 aromatic heterocycles. The number of rotatable bonds is 3. The van der Waals surface area contributed by atoms with Gasteiger partial charge in [-0.05, 0) is 38.4 Å². The molecule has 0 aliphatic carbocycles. The van der Waals surface area contributed by atoms with Gasteiger partial charge < -0.3 is 10.1 Å². The minimum absolute atomic E-state index is 0.0758. The number of hydrogen-bond donors (Lipinski definition) is 1. The molecular weight excluding hydrogens is 210 g/mol. The van der Waals surface area contributed by atoms with Gasteiger partial charge in [-0.25, -0.2) is 0 Å². The number of hydrogen-bond acceptors (Lipinski definition) is 2. The summed E-state index contributed by atoms with van der Waals surface area (Å²) in [6, 6.07) is 7.01. The standard InChI is InChI=1S/C15H23NO/c1-5-11-7-8-14-12(9-11)13(16-6-2)10-15(3,4)17-14/h7-9,13,16H,5-6,10H2,1-4H3. The SMILES string of the molecule is CCNC1CC(C)(C)Oc2ccc(CC)cc21. The maximum absolute atomic E-state index is 6.06. The molecule has 0 amide bonds. The molecular formula is C15H23NO. The van der Waals surface area contributed by atoms with E-state index in [2.05, 4.69) is 51.2 Å². The molecule has 1 aliphatic rings. The van der Waals surface area contributed by atoms with Gasteiger partial charge in [-0.1, -0.05) is 26.0 Å². The Kier molecular flexibility index (Phi) is 3.43. The lowest BCUT2D eigenvalue weighted by molar-refractivity contribution is 0.0664. The first-order valence-corrected chi connectivity index (χ1v) is 6.61. The summed E-state index contributed by atoms with van der Waals surface area (Å²) >= 11 is 0. The van der Waals surface area contributed by atoms with E-state index in [0.29, 0.717) is 6.04 Å². The molecule has 94 valence electrons. The Morgan fingerprint density at radius 2 is 2.12 bits per heavy atom. The summed E-state index contributed by atoms with van der Waals surface area (Å²) < 4.78 is 6.06. The van der Waals surface area contributed by atoms with Crippen molar-refractivity contribution in [3.05, 3.63) is 29.3 Å². The minimum atomic E-state index is -0.0758. The lowest BCUT2D eigenvalue weighted by Crippen LogP contribution is -2.39. The Morgan fingerprint density at radius 3 is 2.76 bits per heavy atom. The van der Waals surface area contributed by atoms with Gasteiger partial charge in [-0.15, -0.1) is 0 Å². The second kappa shape index (κ2) is 4.69. The highest BCUT2D eigenvalue weighted by molar-refractivity contribution is 5.41. The molecule has 2 rings (SSSR count). The molecule has 0 fully saturated rings. The predicted molar refractivity (Wildman–Crippen MR) is 71.6 cm³/mol. The van der Waals surface area contributed by atoms with Crippen molar-refractivity contribution in [2.24, 2.45) is 0 Å². The van der Waals surface area contributed by atoms with Crippen LogP contribution in [0.5, 0.6) is 5.75 Å². The topological polar surface area (TPSA) is 21.3 Å². The number of fused-ring (bicyclic) bond motifs is 1. The van der Waals surface area contributed by atoms with E-state index in [1.54, 1.807) is 0 Å². The van der Waals surface area contributed by atoms with Crippen molar-refractivity contribution in [3.63, 3.8) is 0 Å². The van der Waals surface area contributed by atoms with Crippen LogP contribution in [0.15, 0.2) is 18.2 Å². The first kappa shape index (κ1) is 12.4. The van der Waals surface area contributed by atoms with Crippen LogP contribution in [0, 0.1) is 0 Å². The number of ether oxygens (including phenoxy) is 1. The Bertz CT molecular complexity index is 398. The maximum atomic E-state index is 6.06. The molecule has 1 aromatic rings. The zero-order valence-corrected chi connectivity index (χ0v) is 11.3. The molecule has 17 heavy (non-hydrogen) atoms. The van der Waals surface area contributed by atoms with Crippen molar-refractivity contribution >= 4 is 0 Å². The molecule has 1 heterocycles. The summed E-state index contributed by atoms with van der Waals surface area (Å²) in [6.07, 6.45) is 2.11. The zero-order valence-electron chi connectivity index (χ0n) is 11.3. The molecule has 0 saturated carbocycles. The molecule has 2 nitrogen and oxygen atoms in total. The highest BCUT2D eigenvalue weighted by Gasteiger charge is 2.33. The second-order valence-electron chi connectivity index (χ2n) is 5.40. The first-order chi connectivity index (χ1) is 8.05. The number of benzene rings is 1. The van der Waals surface area contributed by atoms with Gasteiger partial charge in [0.25, 0.3) is 0 Å². The van der Waals surface area contributed by atoms with Gasteiger partial charge in [0.15, 0.2) is 0 Å². The smallest absolute Gasteiger partial charge is 0.124 e. The normalized spacial score (nSPS) is 21.8. The van der Waals surface area contributed by atoms with E-state index in [4.69, 9.17) is 4.74 Å². The van der Waals surface area contributed by atoms with Crippen LogP contribution in [0.1, 0.15) is 51.3 Å². The van der Waals surface area contributed by atoms with Gasteiger partial charge in [-0.3, -0.25) is 0 Å². The van der Waals surface area contributed by atoms with E-state index in [0.717, 1.165) is 25.1 Å². The number of nitrogens with one attached hydrogen (secondary N) is 1. The minimum Gasteiger partial charge on any atom is -0.487 e. The van der Waals surface area contributed by atoms with Gasteiger partial charge in [0.05, 0.1) is 0 Å². The van der Waals surface area contributed by atoms with Gasteiger partial charge in [0.2, 0.25) is 0 Å². The average molecular weight is 233 g/mol. The van der Waals surface area contributed by atoms with E-state index in [9.17, 15) is 0 Å². The molecule has 0 bridgehead atoms. The summed E-state index contributed by atoms with van der Waals surface area (Å²) in [4.78, 5) is 0. The van der Waals surface area contributed by atoms with Crippen LogP contribution in [0.25, 0.3) is 0 Å². The van der Waals surface area contributed by atoms with Crippen LogP contribution in [-0.2, 0) is 6.42 Å². The quantitative estimate of drug-likeness (QED) is 0.863. The van der Waals surface area contributed by atoms with E-state index in [1.807, 2.05) is 0 Å². The first-order valence-electron chi connectivity index (χ1n) is 6.61. The average Bonchev–Trinajstić information content (AvgIpc) is 2.27. The summed E-state index contributed by atoms with van der Waals surface area (Å²) in [6.45, 7) is 9.67. The molecule has 1 N–H and O–H groups in total. The maximum Gasteiger partial charge on any atom is 0.124 e. The van der Waals surface area contributed by atoms with Gasteiger partial charge >= 0.3 is 0 Å². The van der Waals surface area contributed by atoms with Crippen molar-refractivity contribution in [3.8, 4) is 5.75 Å². The highest BCUT2D eigenvalue weighted by atomic mass is 16.5. The lowest BCUT2D eigenvalue weighted by atomic mass is 9.88. The summed E-state index contributed by atoms with van der Waals surface area (Å²) in [5.41, 5.74) is 2.63. The van der Waals surface area contributed by atoms with Crippen LogP contribution >= 0.6 is 0 Å². The fourth-order valence-corrected chi connectivity index (χ4v) is 2.55. The predicted octanol–water partition coefficient (Wildman–Crippen LogP) is 3.46. The van der Waals surface area contributed by atoms with Gasteiger partial charge in [0.1, 0.15) is 11.4 Å². The Morgan fingerprint density at radius 1 is 1.35 bits per heavy atom. The molecule has 1 unspecified atom stereocenters. The third kappa shape index (κ3) is 2.63. The van der Waals surface area contributed by atoms with E-state index in [1.165, 1.54) is 11.1 Å². The molecule has 1 aliphatic heterocycles. The van der Waals surface area contributed by atoms with Crippen LogP contribution in [0.2, 0.25) is 0 Å². The Hall–Kier alpha value is -1.02. The zero-order chi connectivity index (χ0) is 12.5. The fraction of sp³-hybridized carbons (Fsp3) is 0.600. The van der Waals surface area contributed by atoms with Crippen LogP contribution < -0.4 is 10.1 Å². The molecule has 1 aromatic carbocycles. The third-order valence-corrected chi connectivity index (χ3v) is 3.39. The third-order valence-electron chi connectivity index (χ3n) is 3.39. The van der Waals surface area contributed by atoms with Crippen molar-refractivity contribution in [2.45, 2.75) is 52.2 Å². The van der Waals surface area contributed by atoms with Gasteiger partial charge in [0, 0.05) is 18.0 Å². The van der Waals surface area contributed by atoms with Crippen molar-refractivity contribution < 1.29 is 4.74 Å². The summed E-state index contributed by atoms with van der Waals surface area (Å²) in [5, 5.41) is 3.57. The largest absolute Gasteiger partial charge is 0.487 e. The molecule has 0 radical (unpaired) electrons. The van der Waals surface area contributed by atoms with E-state index < -0.39 is 0 Å². The Balaban J connectivity index is 2.38. The molecule has 0 saturated heterocycles. The lowest BCUT2D eigenvalue weighted by Gasteiger charge is -2.38. The van der Waals surface area contributed by atoms with Crippen molar-refractivity contribution in [2.75, 3.05) is 6.54 Å². The van der Waals surface area contributed by atoms with Crippen LogP contribution in [0.4, 0.5) is 0 Å². The summed E-state index contributed by atoms with van der Waals surface area (Å²) in [7, 11) is 0. The van der Waals surface area contributed by atoms with Crippen LogP contribution in [0.3, 0.4) is 0 Å². The van der Waals surface area contributed by atoms with E-state index >= 15 is 0 Å². The number of aryl methyl sites for hydroxylation is 1. The molecule has 0 spiro atoms. The Labute approximate surface area is 104 Å². The van der Waals surface area contributed by atoms with Gasteiger partial charge in [-0.2, -0.15) is 0 Å². The monoisotopic (exact) mass is 233 g/mol. The van der Waals surface area contributed by atoms with Crippen LogP contribution in [-0.4, -0.2) is 12.1 Å². The van der Waals surface area contributed by atoms with E-state index in [-0.39, 0.29) is 5.60 Å². The highest BCUT2D eigenvalue weighted by Crippen LogP contribution is 2.39. The van der Waals surface area contributed by atoms with Crippen molar-refractivity contribution in [1.29, 1.82) is 0 Å².